The van der Waals surface area contributed by atoms with Crippen LogP contribution >= 0.6 is 11.6 Å². The monoisotopic (exact) mass is 604 g/mol. The van der Waals surface area contributed by atoms with Crippen molar-refractivity contribution in [2.45, 2.75) is 46.1 Å². The number of carbonyl (C=O) groups is 1. The zero-order chi connectivity index (χ0) is 34.2. The van der Waals surface area contributed by atoms with Crippen LogP contribution in [0.25, 0.3) is 34.1 Å². The summed E-state index contributed by atoms with van der Waals surface area (Å²) in [6, 6.07) is 6.92. The smallest absolute Gasteiger partial charge is 0.350 e. The fourth-order valence-corrected chi connectivity index (χ4v) is 5.88. The molecule has 222 valence electrons. The lowest BCUT2D eigenvalue weighted by atomic mass is 10.0. The van der Waals surface area contributed by atoms with Gasteiger partial charge in [-0.1, -0.05) is 63.7 Å². The largest absolute Gasteiger partial charge is 0.355 e. The third kappa shape index (κ3) is 5.33. The van der Waals surface area contributed by atoms with E-state index in [0.29, 0.717) is 29.7 Å². The highest BCUT2D eigenvalue weighted by atomic mass is 35.5. The molecule has 0 unspecified atom stereocenters. The summed E-state index contributed by atoms with van der Waals surface area (Å²) in [7, 11) is 0. The number of hydrogen-bond donors (Lipinski definition) is 0. The minimum Gasteiger partial charge on any atom is -0.350 e. The Morgan fingerprint density at radius 1 is 1.30 bits per heavy atom. The first-order valence-electron chi connectivity index (χ1n) is 16.1. The average Bonchev–Trinajstić information content (AvgIpc) is 3.03. The van der Waals surface area contributed by atoms with E-state index in [1.165, 1.54) is 27.7 Å². The molecule has 1 fully saturated rings. The maximum atomic E-state index is 15.6. The van der Waals surface area contributed by atoms with Crippen molar-refractivity contribution in [1.29, 1.82) is 0 Å². The average molecular weight is 605 g/mol. The van der Waals surface area contributed by atoms with Gasteiger partial charge in [0.1, 0.15) is 11.6 Å². The van der Waals surface area contributed by atoms with Gasteiger partial charge in [-0.2, -0.15) is 4.98 Å². The molecule has 43 heavy (non-hydrogen) atoms. The minimum absolute atomic E-state index is 0.0195. The molecule has 1 aromatic carbocycles. The Bertz CT molecular complexity index is 2000. The Balaban J connectivity index is 1.83. The van der Waals surface area contributed by atoms with Crippen molar-refractivity contribution in [3.05, 3.63) is 93.8 Å². The molecule has 1 atom stereocenters. The molecular formula is C33H34ClFN6O2. The molecule has 10 heteroatoms. The molecule has 3 aromatic heterocycles. The number of anilines is 1. The number of nitrogens with zero attached hydrogens (tertiary/aromatic N) is 6. The molecule has 1 aliphatic rings. The third-order valence-electron chi connectivity index (χ3n) is 7.74. The molecule has 0 spiro atoms. The lowest BCUT2D eigenvalue weighted by Gasteiger charge is -2.40. The van der Waals surface area contributed by atoms with E-state index >= 15 is 4.39 Å². The molecule has 1 aliphatic heterocycles. The quantitative estimate of drug-likeness (QED) is 0.234. The molecule has 8 nitrogen and oxygen atoms in total. The Labute approximate surface area is 260 Å². The molecule has 0 N–H and O–H groups in total. The van der Waals surface area contributed by atoms with Gasteiger partial charge in [0.15, 0.2) is 5.65 Å². The minimum atomic E-state index is -0.666. The first-order valence-corrected chi connectivity index (χ1v) is 14.4. The Kier molecular flexibility index (Phi) is 7.07. The lowest BCUT2D eigenvalue weighted by molar-refractivity contribution is -0.126. The maximum absolute atomic E-state index is 15.6. The van der Waals surface area contributed by atoms with Crippen LogP contribution in [0.1, 0.15) is 55.9 Å². The van der Waals surface area contributed by atoms with Gasteiger partial charge in [0.2, 0.25) is 5.91 Å². The van der Waals surface area contributed by atoms with Crippen LogP contribution in [0, 0.1) is 5.82 Å². The van der Waals surface area contributed by atoms with Gasteiger partial charge < -0.3 is 9.80 Å². The van der Waals surface area contributed by atoms with Crippen molar-refractivity contribution in [3.63, 3.8) is 0 Å². The second kappa shape index (κ2) is 12.1. The standard InChI is InChI=1S/C33H34ClFN6O2/c1-7-21-11-10-12-25(35)27(21)29-24(34)17-23-31(40-16-15-39(18-20(40)6)26(42)9-3)38-33(43)41(32(23)37-29)30-22(8-2)13-14-36-28(30)19(4)5/h7,9-14,17,19-20H,1,3,8,15-16,18H2,2,4-6H3/t20-/m0/s1/i1D2,3D,9D. The molecular weight excluding hydrogens is 567 g/mol. The summed E-state index contributed by atoms with van der Waals surface area (Å²) in [5, 5.41) is 0.474. The zero-order valence-corrected chi connectivity index (χ0v) is 25.1. The van der Waals surface area contributed by atoms with E-state index in [1.807, 2.05) is 38.7 Å². The van der Waals surface area contributed by atoms with E-state index in [0.717, 1.165) is 5.56 Å². The molecule has 0 radical (unpaired) electrons. The Morgan fingerprint density at radius 2 is 2.12 bits per heavy atom. The number of amides is 1. The lowest BCUT2D eigenvalue weighted by Crippen LogP contribution is -2.54. The van der Waals surface area contributed by atoms with Crippen LogP contribution in [0.3, 0.4) is 0 Å². The van der Waals surface area contributed by atoms with Crippen molar-refractivity contribution in [2.24, 2.45) is 0 Å². The summed E-state index contributed by atoms with van der Waals surface area (Å²) < 4.78 is 47.4. The van der Waals surface area contributed by atoms with Crippen LogP contribution in [0.15, 0.2) is 60.5 Å². The number of aryl methyl sites for hydroxylation is 1. The van der Waals surface area contributed by atoms with Crippen molar-refractivity contribution in [3.8, 4) is 16.9 Å². The van der Waals surface area contributed by atoms with Gasteiger partial charge in [-0.15, -0.1) is 0 Å². The van der Waals surface area contributed by atoms with Gasteiger partial charge in [0, 0.05) is 37.4 Å². The molecule has 4 aromatic rings. The second-order valence-corrected chi connectivity index (χ2v) is 11.1. The normalized spacial score (nSPS) is 17.0. The fraction of sp³-hybridized carbons (Fsp3) is 0.303. The number of rotatable bonds is 7. The number of benzene rings is 1. The predicted molar refractivity (Wildman–Crippen MR) is 170 cm³/mol. The summed E-state index contributed by atoms with van der Waals surface area (Å²) in [5.41, 5.74) is 1.77. The summed E-state index contributed by atoms with van der Waals surface area (Å²) >= 11 is 6.87. The first-order chi connectivity index (χ1) is 22.4. The summed E-state index contributed by atoms with van der Waals surface area (Å²) in [6.07, 6.45) is 3.46. The van der Waals surface area contributed by atoms with Gasteiger partial charge in [-0.3, -0.25) is 9.78 Å². The van der Waals surface area contributed by atoms with Crippen LogP contribution in [0.4, 0.5) is 10.2 Å². The van der Waals surface area contributed by atoms with Gasteiger partial charge in [0.25, 0.3) is 0 Å². The summed E-state index contributed by atoms with van der Waals surface area (Å²) in [6.45, 7) is 8.63. The maximum Gasteiger partial charge on any atom is 0.355 e. The van der Waals surface area contributed by atoms with E-state index < -0.39 is 30.0 Å². The predicted octanol–water partition coefficient (Wildman–Crippen LogP) is 6.19. The molecule has 0 saturated carbocycles. The number of halogens is 2. The topological polar surface area (TPSA) is 84.2 Å². The van der Waals surface area contributed by atoms with Gasteiger partial charge in [-0.05, 0) is 54.6 Å². The van der Waals surface area contributed by atoms with Crippen molar-refractivity contribution < 1.29 is 14.7 Å². The van der Waals surface area contributed by atoms with Crippen molar-refractivity contribution >= 4 is 40.4 Å². The van der Waals surface area contributed by atoms with E-state index in [4.69, 9.17) is 22.1 Å². The Hall–Kier alpha value is -4.37. The van der Waals surface area contributed by atoms with Crippen LogP contribution in [-0.4, -0.2) is 56.0 Å². The van der Waals surface area contributed by atoms with Crippen LogP contribution < -0.4 is 10.6 Å². The molecule has 1 amide bonds. The number of fused-ring (bicyclic) bond motifs is 1. The van der Waals surface area contributed by atoms with Gasteiger partial charge in [-0.25, -0.2) is 18.7 Å². The van der Waals surface area contributed by atoms with E-state index in [-0.39, 0.29) is 64.9 Å². The molecule has 0 aliphatic carbocycles. The van der Waals surface area contributed by atoms with Crippen LogP contribution in [0.2, 0.25) is 5.02 Å². The fourth-order valence-electron chi connectivity index (χ4n) is 5.64. The number of piperazine rings is 1. The van der Waals surface area contributed by atoms with Gasteiger partial charge in [0.05, 0.1) is 33.0 Å². The zero-order valence-electron chi connectivity index (χ0n) is 28.4. The number of aromatic nitrogens is 4. The molecule has 1 saturated heterocycles. The highest BCUT2D eigenvalue weighted by molar-refractivity contribution is 6.34. The van der Waals surface area contributed by atoms with Crippen LogP contribution in [0.5, 0.6) is 0 Å². The third-order valence-corrected chi connectivity index (χ3v) is 8.03. The first kappa shape index (κ1) is 25.2. The van der Waals surface area contributed by atoms with Crippen molar-refractivity contribution in [2.75, 3.05) is 24.5 Å². The highest BCUT2D eigenvalue weighted by Crippen LogP contribution is 2.37. The number of carbonyl (C=O) groups excluding carboxylic acids is 1. The number of pyridine rings is 2. The molecule has 0 bridgehead atoms. The van der Waals surface area contributed by atoms with Crippen molar-refractivity contribution in [1.82, 2.24) is 24.4 Å². The molecule has 4 heterocycles. The van der Waals surface area contributed by atoms with E-state index in [9.17, 15) is 9.59 Å². The SMILES string of the molecule is [2H]C=C([2H])C(=O)N1CCN(c2nc(=O)n(-c3c(CC)ccnc3C(C)C)c3nc(-c4c(F)cccc4C=C([2H])[2H])c(Cl)cc23)[C@@H](C)C1. The van der Waals surface area contributed by atoms with Crippen LogP contribution in [-0.2, 0) is 11.2 Å². The second-order valence-electron chi connectivity index (χ2n) is 10.7. The van der Waals surface area contributed by atoms with E-state index in [1.54, 1.807) is 18.3 Å². The number of hydrogen-bond acceptors (Lipinski definition) is 6. The highest BCUT2D eigenvalue weighted by Gasteiger charge is 2.31. The summed E-state index contributed by atoms with van der Waals surface area (Å²) in [5.74, 6) is -1.02. The molecule has 5 rings (SSSR count). The Morgan fingerprint density at radius 3 is 2.81 bits per heavy atom. The summed E-state index contributed by atoms with van der Waals surface area (Å²) in [4.78, 5) is 44.3. The van der Waals surface area contributed by atoms with E-state index in [2.05, 4.69) is 9.97 Å². The van der Waals surface area contributed by atoms with Gasteiger partial charge >= 0.3 is 5.69 Å².